The maximum atomic E-state index is 12.4. The van der Waals surface area contributed by atoms with Gasteiger partial charge in [-0.25, -0.2) is 9.78 Å². The molecule has 0 amide bonds. The molecular weight excluding hydrogens is 284 g/mol. The van der Waals surface area contributed by atoms with Crippen LogP contribution < -0.4 is 5.76 Å². The van der Waals surface area contributed by atoms with Crippen LogP contribution in [0, 0.1) is 0 Å². The van der Waals surface area contributed by atoms with Gasteiger partial charge in [-0.2, -0.15) is 0 Å². The fourth-order valence-electron chi connectivity index (χ4n) is 2.38. The van der Waals surface area contributed by atoms with Crippen molar-refractivity contribution in [1.82, 2.24) is 9.55 Å². The molecule has 0 aliphatic rings. The van der Waals surface area contributed by atoms with E-state index < -0.39 is 5.76 Å². The van der Waals surface area contributed by atoms with Crippen LogP contribution in [-0.2, 0) is 6.54 Å². The minimum atomic E-state index is -0.613. The van der Waals surface area contributed by atoms with Gasteiger partial charge in [-0.05, 0) is 24.3 Å². The maximum absolute atomic E-state index is 12.4. The minimum Gasteiger partial charge on any atom is -0.453 e. The molecular formula is C16H10N2O4. The smallest absolute Gasteiger partial charge is 0.421 e. The van der Waals surface area contributed by atoms with Crippen molar-refractivity contribution in [3.63, 3.8) is 0 Å². The predicted octanol–water partition coefficient (Wildman–Crippen LogP) is 2.62. The molecule has 0 bridgehead atoms. The average molecular weight is 294 g/mol. The van der Waals surface area contributed by atoms with Gasteiger partial charge in [0.05, 0.1) is 6.54 Å². The summed E-state index contributed by atoms with van der Waals surface area (Å²) in [5.41, 5.74) is 1.33. The molecule has 0 saturated heterocycles. The van der Waals surface area contributed by atoms with Crippen LogP contribution >= 0.6 is 0 Å². The van der Waals surface area contributed by atoms with E-state index >= 15 is 0 Å². The Morgan fingerprint density at radius 2 is 1.91 bits per heavy atom. The van der Waals surface area contributed by atoms with Crippen molar-refractivity contribution in [1.29, 1.82) is 0 Å². The molecule has 4 aromatic rings. The first-order chi connectivity index (χ1) is 10.7. The molecule has 108 valence electrons. The summed E-state index contributed by atoms with van der Waals surface area (Å²) in [6.07, 6.45) is 1.54. The Morgan fingerprint density at radius 1 is 1.09 bits per heavy atom. The Balaban J connectivity index is 1.74. The number of hydrogen-bond donors (Lipinski definition) is 0. The molecule has 0 aliphatic heterocycles. The van der Waals surface area contributed by atoms with E-state index in [0.717, 1.165) is 5.39 Å². The Labute approximate surface area is 123 Å². The number of fused-ring (bicyclic) bond motifs is 2. The number of oxazole rings is 1. The lowest BCUT2D eigenvalue weighted by Gasteiger charge is -1.98. The number of para-hydroxylation sites is 1. The van der Waals surface area contributed by atoms with Crippen LogP contribution in [0.25, 0.3) is 22.2 Å². The first kappa shape index (κ1) is 12.6. The molecule has 0 unspecified atom stereocenters. The van der Waals surface area contributed by atoms with Gasteiger partial charge in [-0.1, -0.05) is 18.2 Å². The number of carbonyl (C=O) groups excluding carboxylic acids is 1. The normalized spacial score (nSPS) is 11.3. The summed E-state index contributed by atoms with van der Waals surface area (Å²) in [6.45, 7) is -0.178. The van der Waals surface area contributed by atoms with Gasteiger partial charge in [0.1, 0.15) is 5.58 Å². The first-order valence-corrected chi connectivity index (χ1v) is 6.68. The van der Waals surface area contributed by atoms with Crippen LogP contribution in [0.4, 0.5) is 0 Å². The zero-order valence-corrected chi connectivity index (χ0v) is 11.4. The molecule has 0 spiro atoms. The summed E-state index contributed by atoms with van der Waals surface area (Å²) in [6, 6.07) is 12.3. The van der Waals surface area contributed by atoms with Crippen molar-refractivity contribution in [3.8, 4) is 0 Å². The van der Waals surface area contributed by atoms with Gasteiger partial charge in [-0.3, -0.25) is 9.36 Å². The Hall–Kier alpha value is -3.15. The van der Waals surface area contributed by atoms with Gasteiger partial charge in [0, 0.05) is 11.6 Å². The van der Waals surface area contributed by atoms with E-state index in [4.69, 9.17) is 8.83 Å². The van der Waals surface area contributed by atoms with Crippen LogP contribution in [0.3, 0.4) is 0 Å². The van der Waals surface area contributed by atoms with Crippen molar-refractivity contribution in [3.05, 3.63) is 65.0 Å². The molecule has 0 aliphatic carbocycles. The lowest BCUT2D eigenvalue weighted by atomic mass is 10.2. The van der Waals surface area contributed by atoms with E-state index in [1.807, 2.05) is 18.2 Å². The van der Waals surface area contributed by atoms with Crippen molar-refractivity contribution in [2.75, 3.05) is 0 Å². The van der Waals surface area contributed by atoms with E-state index in [1.165, 1.54) is 4.57 Å². The van der Waals surface area contributed by atoms with Crippen LogP contribution in [0.1, 0.15) is 10.6 Å². The van der Waals surface area contributed by atoms with Gasteiger partial charge in [0.25, 0.3) is 0 Å². The molecule has 4 rings (SSSR count). The van der Waals surface area contributed by atoms with Gasteiger partial charge >= 0.3 is 5.76 Å². The summed E-state index contributed by atoms with van der Waals surface area (Å²) in [5, 5.41) is 0.841. The van der Waals surface area contributed by atoms with E-state index in [-0.39, 0.29) is 18.1 Å². The quantitative estimate of drug-likeness (QED) is 0.543. The second-order valence-electron chi connectivity index (χ2n) is 4.85. The number of benzene rings is 1. The number of ketones is 1. The number of nitrogens with zero attached hydrogens (tertiary/aromatic N) is 2. The molecule has 0 atom stereocenters. The van der Waals surface area contributed by atoms with Crippen molar-refractivity contribution < 1.29 is 13.6 Å². The fraction of sp³-hybridized carbons (Fsp3) is 0.0625. The second kappa shape index (κ2) is 4.70. The van der Waals surface area contributed by atoms with Crippen LogP contribution in [0.2, 0.25) is 0 Å². The zero-order valence-electron chi connectivity index (χ0n) is 11.4. The number of Topliss-reactive ketones (excluding diaryl/α,β-unsaturated/α-hetero) is 1. The molecule has 3 heterocycles. The topological polar surface area (TPSA) is 78.2 Å². The Morgan fingerprint density at radius 3 is 2.77 bits per heavy atom. The molecule has 0 N–H and O–H groups in total. The third-order valence-electron chi connectivity index (χ3n) is 3.43. The summed E-state index contributed by atoms with van der Waals surface area (Å²) >= 11 is 0. The zero-order chi connectivity index (χ0) is 15.1. The third kappa shape index (κ3) is 1.93. The number of pyridine rings is 1. The summed E-state index contributed by atoms with van der Waals surface area (Å²) in [5.74, 6) is -0.719. The van der Waals surface area contributed by atoms with E-state index in [9.17, 15) is 9.59 Å². The summed E-state index contributed by atoms with van der Waals surface area (Å²) < 4.78 is 11.8. The highest BCUT2D eigenvalue weighted by atomic mass is 16.4. The number of carbonyl (C=O) groups is 1. The van der Waals surface area contributed by atoms with Crippen molar-refractivity contribution in [2.24, 2.45) is 0 Å². The Bertz CT molecular complexity index is 1020. The molecule has 1 aromatic carbocycles. The monoisotopic (exact) mass is 294 g/mol. The predicted molar refractivity (Wildman–Crippen MR) is 78.8 cm³/mol. The first-order valence-electron chi connectivity index (χ1n) is 6.68. The molecule has 22 heavy (non-hydrogen) atoms. The third-order valence-corrected chi connectivity index (χ3v) is 3.43. The standard InChI is InChI=1S/C16H10N2O4/c19-11(14-8-10-4-1-2-5-12(10)21-14)9-18-15-13(22-16(18)20)6-3-7-17-15/h1-8H,9H2. The largest absolute Gasteiger partial charge is 0.453 e. The molecule has 3 aromatic heterocycles. The van der Waals surface area contributed by atoms with E-state index in [0.29, 0.717) is 16.8 Å². The number of hydrogen-bond acceptors (Lipinski definition) is 5. The van der Waals surface area contributed by atoms with Gasteiger partial charge in [-0.15, -0.1) is 0 Å². The highest BCUT2D eigenvalue weighted by Gasteiger charge is 2.17. The number of furan rings is 1. The second-order valence-corrected chi connectivity index (χ2v) is 4.85. The van der Waals surface area contributed by atoms with Crippen LogP contribution in [-0.4, -0.2) is 15.3 Å². The molecule has 6 heteroatoms. The summed E-state index contributed by atoms with van der Waals surface area (Å²) in [7, 11) is 0. The lowest BCUT2D eigenvalue weighted by molar-refractivity contribution is 0.0945. The molecule has 0 saturated carbocycles. The molecule has 0 fully saturated rings. The SMILES string of the molecule is O=C(Cn1c(=O)oc2cccnc21)c1cc2ccccc2o1. The molecule has 6 nitrogen and oxygen atoms in total. The highest BCUT2D eigenvalue weighted by molar-refractivity contribution is 5.97. The molecule has 0 radical (unpaired) electrons. The van der Waals surface area contributed by atoms with E-state index in [1.54, 1.807) is 30.5 Å². The van der Waals surface area contributed by atoms with Crippen LogP contribution in [0.5, 0.6) is 0 Å². The van der Waals surface area contributed by atoms with Crippen molar-refractivity contribution >= 4 is 28.0 Å². The van der Waals surface area contributed by atoms with Crippen molar-refractivity contribution in [2.45, 2.75) is 6.54 Å². The van der Waals surface area contributed by atoms with Gasteiger partial charge in [0.2, 0.25) is 5.78 Å². The highest BCUT2D eigenvalue weighted by Crippen LogP contribution is 2.20. The van der Waals surface area contributed by atoms with E-state index in [2.05, 4.69) is 4.98 Å². The lowest BCUT2D eigenvalue weighted by Crippen LogP contribution is -2.20. The minimum absolute atomic E-state index is 0.178. The fourth-order valence-corrected chi connectivity index (χ4v) is 2.38. The Kier molecular flexibility index (Phi) is 2.69. The summed E-state index contributed by atoms with van der Waals surface area (Å²) in [4.78, 5) is 28.3. The number of aromatic nitrogens is 2. The average Bonchev–Trinajstić information content (AvgIpc) is 3.09. The van der Waals surface area contributed by atoms with Gasteiger partial charge in [0.15, 0.2) is 17.0 Å². The van der Waals surface area contributed by atoms with Crippen LogP contribution in [0.15, 0.2) is 62.3 Å². The number of rotatable bonds is 3. The van der Waals surface area contributed by atoms with Gasteiger partial charge < -0.3 is 8.83 Å². The maximum Gasteiger partial charge on any atom is 0.421 e.